The maximum absolute atomic E-state index is 14.9. The number of alkyl halides is 4. The fraction of sp³-hybridized carbons (Fsp3) is 0.562. The van der Waals surface area contributed by atoms with E-state index in [-0.39, 0.29) is 41.5 Å². The molecule has 2 aromatic rings. The van der Waals surface area contributed by atoms with Gasteiger partial charge in [0.1, 0.15) is 5.82 Å². The van der Waals surface area contributed by atoms with Crippen molar-refractivity contribution in [1.29, 1.82) is 0 Å². The number of esters is 1. The number of carbonyl (C=O) groups excluding carboxylic acids is 2. The van der Waals surface area contributed by atoms with Gasteiger partial charge in [0.25, 0.3) is 0 Å². The van der Waals surface area contributed by atoms with E-state index >= 15 is 0 Å². The van der Waals surface area contributed by atoms with E-state index in [0.717, 1.165) is 11.1 Å². The molecular formula is C32H36F5NO3. The average Bonchev–Trinajstić information content (AvgIpc) is 3.30. The Morgan fingerprint density at radius 3 is 2.49 bits per heavy atom. The van der Waals surface area contributed by atoms with Crippen molar-refractivity contribution < 1.29 is 36.3 Å². The largest absolute Gasteiger partial charge is 0.469 e. The monoisotopic (exact) mass is 577 g/mol. The number of rotatable bonds is 5. The zero-order valence-corrected chi connectivity index (χ0v) is 23.6. The van der Waals surface area contributed by atoms with Gasteiger partial charge in [-0.2, -0.15) is 13.2 Å². The number of nitrogens with zero attached hydrogens (tertiary/aromatic N) is 1. The zero-order chi connectivity index (χ0) is 29.7. The van der Waals surface area contributed by atoms with E-state index in [2.05, 4.69) is 0 Å². The lowest BCUT2D eigenvalue weighted by Crippen LogP contribution is -2.51. The van der Waals surface area contributed by atoms with Crippen molar-refractivity contribution in [2.75, 3.05) is 13.7 Å². The molecule has 222 valence electrons. The quantitative estimate of drug-likeness (QED) is 0.289. The first-order valence-corrected chi connectivity index (χ1v) is 14.3. The second kappa shape index (κ2) is 10.7. The Labute approximate surface area is 237 Å². The first kappa shape index (κ1) is 29.5. The molecular weight excluding hydrogens is 541 g/mol. The van der Waals surface area contributed by atoms with Gasteiger partial charge in [0.2, 0.25) is 11.6 Å². The predicted octanol–water partition coefficient (Wildman–Crippen LogP) is 6.83. The minimum atomic E-state index is -5.06. The summed E-state index contributed by atoms with van der Waals surface area (Å²) in [6.45, 7) is 2.99. The van der Waals surface area contributed by atoms with E-state index in [1.54, 1.807) is 12.1 Å². The van der Waals surface area contributed by atoms with Crippen molar-refractivity contribution in [2.45, 2.75) is 82.1 Å². The number of methoxy groups -OCH3 is 1. The summed E-state index contributed by atoms with van der Waals surface area (Å²) in [5.41, 5.74) is -2.40. The number of aryl methyl sites for hydroxylation is 1. The molecule has 4 nitrogen and oxygen atoms in total. The Bertz CT molecular complexity index is 1320. The molecule has 1 heterocycles. The second-order valence-electron chi connectivity index (χ2n) is 12.3. The highest BCUT2D eigenvalue weighted by molar-refractivity contribution is 5.81. The van der Waals surface area contributed by atoms with E-state index in [1.165, 1.54) is 31.4 Å². The van der Waals surface area contributed by atoms with Crippen LogP contribution in [0.25, 0.3) is 0 Å². The van der Waals surface area contributed by atoms with E-state index < -0.39 is 22.8 Å². The maximum atomic E-state index is 14.9. The van der Waals surface area contributed by atoms with Crippen molar-refractivity contribution in [3.05, 3.63) is 70.5 Å². The number of fused-ring (bicyclic) bond motifs is 3. The van der Waals surface area contributed by atoms with Gasteiger partial charge in [0.15, 0.2) is 0 Å². The van der Waals surface area contributed by atoms with Gasteiger partial charge < -0.3 is 9.64 Å². The molecule has 2 fully saturated rings. The molecule has 5 rings (SSSR count). The lowest BCUT2D eigenvalue weighted by molar-refractivity contribution is -0.228. The summed E-state index contributed by atoms with van der Waals surface area (Å²) in [7, 11) is 1.37. The van der Waals surface area contributed by atoms with Crippen LogP contribution in [-0.4, -0.2) is 42.6 Å². The van der Waals surface area contributed by atoms with Crippen LogP contribution >= 0.6 is 0 Å². The van der Waals surface area contributed by atoms with Gasteiger partial charge in [-0.05, 0) is 92.2 Å². The van der Waals surface area contributed by atoms with Crippen LogP contribution < -0.4 is 0 Å². The average molecular weight is 578 g/mol. The number of hydrogen-bond donors (Lipinski definition) is 0. The highest BCUT2D eigenvalue weighted by Gasteiger charge is 2.56. The summed E-state index contributed by atoms with van der Waals surface area (Å²) in [4.78, 5) is 28.1. The lowest BCUT2D eigenvalue weighted by atomic mass is 9.63. The van der Waals surface area contributed by atoms with Crippen molar-refractivity contribution in [2.24, 2.45) is 17.8 Å². The Balaban J connectivity index is 1.50. The summed E-state index contributed by atoms with van der Waals surface area (Å²) in [5, 5.41) is 0. The maximum Gasteiger partial charge on any atom is 0.426 e. The summed E-state index contributed by atoms with van der Waals surface area (Å²) >= 11 is 0. The number of benzene rings is 2. The Hall–Kier alpha value is -2.97. The SMILES string of the molecule is COC(=O)C1CC[C@@H](C(=O)N2CCC3(Cc4cccc(F)c4)c4ccc(C(C)(F)C(F)(F)F)cc4CCC23)[C@@H](C)C1. The van der Waals surface area contributed by atoms with Crippen molar-refractivity contribution in [3.63, 3.8) is 0 Å². The molecule has 1 amide bonds. The number of likely N-dealkylation sites (tertiary alicyclic amines) is 1. The van der Waals surface area contributed by atoms with E-state index in [9.17, 15) is 31.5 Å². The Morgan fingerprint density at radius 1 is 1.07 bits per heavy atom. The van der Waals surface area contributed by atoms with Gasteiger partial charge in [0.05, 0.1) is 13.0 Å². The molecule has 0 aromatic heterocycles. The Morgan fingerprint density at radius 2 is 1.83 bits per heavy atom. The second-order valence-corrected chi connectivity index (χ2v) is 12.3. The van der Waals surface area contributed by atoms with E-state index in [1.807, 2.05) is 17.9 Å². The van der Waals surface area contributed by atoms with Gasteiger partial charge >= 0.3 is 12.1 Å². The molecule has 41 heavy (non-hydrogen) atoms. The van der Waals surface area contributed by atoms with Crippen molar-refractivity contribution >= 4 is 11.9 Å². The van der Waals surface area contributed by atoms with Crippen LogP contribution in [0.2, 0.25) is 0 Å². The number of carbonyl (C=O) groups is 2. The third kappa shape index (κ3) is 5.14. The highest BCUT2D eigenvalue weighted by atomic mass is 19.4. The highest BCUT2D eigenvalue weighted by Crippen LogP contribution is 2.52. The van der Waals surface area contributed by atoms with Crippen LogP contribution in [0.3, 0.4) is 0 Å². The molecule has 1 saturated heterocycles. The standard InChI is InChI=1S/C32H36F5NO3/c1-19-15-22(29(40)41-3)7-10-25(19)28(39)38-14-13-31(18-20-5-4-6-24(33)16-20)26-11-9-23(30(2,34)32(35,36)37)17-21(26)8-12-27(31)38/h4-6,9,11,16-17,19,22,25,27H,7-8,10,12-15,18H2,1-3H3/t19-,22?,25+,27?,30?,31?/m0/s1. The zero-order valence-electron chi connectivity index (χ0n) is 23.6. The molecule has 0 spiro atoms. The van der Waals surface area contributed by atoms with Gasteiger partial charge in [-0.15, -0.1) is 0 Å². The van der Waals surface area contributed by atoms with Gasteiger partial charge in [-0.1, -0.05) is 37.3 Å². The van der Waals surface area contributed by atoms with Crippen LogP contribution in [0, 0.1) is 23.6 Å². The molecule has 3 aliphatic rings. The molecule has 0 radical (unpaired) electrons. The minimum Gasteiger partial charge on any atom is -0.469 e. The van der Waals surface area contributed by atoms with Gasteiger partial charge in [0, 0.05) is 23.9 Å². The number of hydrogen-bond acceptors (Lipinski definition) is 3. The molecule has 0 N–H and O–H groups in total. The van der Waals surface area contributed by atoms with Crippen LogP contribution in [0.1, 0.15) is 68.2 Å². The van der Waals surface area contributed by atoms with Crippen LogP contribution in [0.5, 0.6) is 0 Å². The molecule has 1 aliphatic heterocycles. The predicted molar refractivity (Wildman–Crippen MR) is 143 cm³/mol. The fourth-order valence-electron chi connectivity index (χ4n) is 7.65. The third-order valence-electron chi connectivity index (χ3n) is 9.93. The molecule has 6 atom stereocenters. The molecule has 9 heteroatoms. The Kier molecular flexibility index (Phi) is 7.70. The van der Waals surface area contributed by atoms with Crippen molar-refractivity contribution in [1.82, 2.24) is 4.90 Å². The first-order valence-electron chi connectivity index (χ1n) is 14.3. The smallest absolute Gasteiger partial charge is 0.426 e. The summed E-state index contributed by atoms with van der Waals surface area (Å²) < 4.78 is 74.6. The molecule has 1 saturated carbocycles. The molecule has 2 aromatic carbocycles. The van der Waals surface area contributed by atoms with E-state index in [4.69, 9.17) is 4.74 Å². The normalized spacial score (nSPS) is 29.3. The number of amides is 1. The summed E-state index contributed by atoms with van der Waals surface area (Å²) in [5.74, 6) is -1.09. The van der Waals surface area contributed by atoms with Crippen molar-refractivity contribution in [3.8, 4) is 0 Å². The summed E-state index contributed by atoms with van der Waals surface area (Å²) in [6, 6.07) is 10.2. The lowest BCUT2D eigenvalue weighted by Gasteiger charge is -2.45. The van der Waals surface area contributed by atoms with E-state index in [0.29, 0.717) is 64.0 Å². The van der Waals surface area contributed by atoms with Crippen LogP contribution in [-0.2, 0) is 38.3 Å². The molecule has 0 bridgehead atoms. The van der Waals surface area contributed by atoms with Crippen LogP contribution in [0.15, 0.2) is 42.5 Å². The van der Waals surface area contributed by atoms with Gasteiger partial charge in [-0.3, -0.25) is 9.59 Å². The topological polar surface area (TPSA) is 46.6 Å². The summed E-state index contributed by atoms with van der Waals surface area (Å²) in [6.07, 6.45) is -1.45. The molecule has 2 aliphatic carbocycles. The molecule has 4 unspecified atom stereocenters. The van der Waals surface area contributed by atoms with Gasteiger partial charge in [-0.25, -0.2) is 8.78 Å². The number of halogens is 5. The minimum absolute atomic E-state index is 0.0124. The number of ether oxygens (including phenoxy) is 1. The fourth-order valence-corrected chi connectivity index (χ4v) is 7.65. The third-order valence-corrected chi connectivity index (χ3v) is 9.93. The van der Waals surface area contributed by atoms with Crippen LogP contribution in [0.4, 0.5) is 22.0 Å². The first-order chi connectivity index (χ1) is 19.3.